The molecule has 1 N–H and O–H groups in total. The van der Waals surface area contributed by atoms with Crippen LogP contribution < -0.4 is 5.32 Å². The van der Waals surface area contributed by atoms with Crippen LogP contribution in [-0.4, -0.2) is 13.7 Å². The van der Waals surface area contributed by atoms with E-state index < -0.39 is 0 Å². The minimum absolute atomic E-state index is 0.585. The highest BCUT2D eigenvalue weighted by Gasteiger charge is 2.01. The number of ether oxygens (including phenoxy) is 1. The predicted octanol–water partition coefficient (Wildman–Crippen LogP) is 2.95. The van der Waals surface area contributed by atoms with Crippen LogP contribution in [0.1, 0.15) is 38.0 Å². The van der Waals surface area contributed by atoms with Crippen molar-refractivity contribution in [3.8, 4) is 0 Å². The summed E-state index contributed by atoms with van der Waals surface area (Å²) in [7, 11) is 1.93. The standard InChI is InChI=1S/C13H23NO2/c1-11(2)5-4-6-15-10-13-7-12(8-14-3)9-16-13/h7,9,11,14H,4-6,8,10H2,1-3H3. The number of nitrogens with one attached hydrogen (secondary N) is 1. The lowest BCUT2D eigenvalue weighted by Crippen LogP contribution is -2.03. The maximum atomic E-state index is 5.55. The number of furan rings is 1. The summed E-state index contributed by atoms with van der Waals surface area (Å²) in [5.74, 6) is 1.67. The van der Waals surface area contributed by atoms with Crippen molar-refractivity contribution in [1.29, 1.82) is 0 Å². The lowest BCUT2D eigenvalue weighted by atomic mass is 10.1. The average molecular weight is 225 g/mol. The Morgan fingerprint density at radius 3 is 2.94 bits per heavy atom. The maximum Gasteiger partial charge on any atom is 0.129 e. The van der Waals surface area contributed by atoms with Gasteiger partial charge in [0.15, 0.2) is 0 Å². The van der Waals surface area contributed by atoms with Crippen LogP contribution in [0.4, 0.5) is 0 Å². The summed E-state index contributed by atoms with van der Waals surface area (Å²) in [5.41, 5.74) is 1.17. The van der Waals surface area contributed by atoms with Crippen molar-refractivity contribution in [2.24, 2.45) is 5.92 Å². The second-order valence-corrected chi connectivity index (χ2v) is 4.54. The number of hydrogen-bond acceptors (Lipinski definition) is 3. The molecule has 1 heterocycles. The molecule has 0 saturated carbocycles. The molecule has 92 valence electrons. The smallest absolute Gasteiger partial charge is 0.129 e. The van der Waals surface area contributed by atoms with E-state index in [9.17, 15) is 0 Å². The maximum absolute atomic E-state index is 5.55. The van der Waals surface area contributed by atoms with Gasteiger partial charge in [0.05, 0.1) is 6.26 Å². The van der Waals surface area contributed by atoms with Crippen LogP contribution in [0.2, 0.25) is 0 Å². The fourth-order valence-electron chi connectivity index (χ4n) is 1.57. The summed E-state index contributed by atoms with van der Waals surface area (Å²) >= 11 is 0. The normalized spacial score (nSPS) is 11.2. The molecule has 0 radical (unpaired) electrons. The quantitative estimate of drug-likeness (QED) is 0.691. The fraction of sp³-hybridized carbons (Fsp3) is 0.692. The van der Waals surface area contributed by atoms with Crippen LogP contribution in [0.5, 0.6) is 0 Å². The van der Waals surface area contributed by atoms with Gasteiger partial charge in [-0.05, 0) is 31.9 Å². The Kier molecular flexibility index (Phi) is 6.19. The van der Waals surface area contributed by atoms with Gasteiger partial charge >= 0.3 is 0 Å². The molecule has 0 fully saturated rings. The number of rotatable bonds is 8. The van der Waals surface area contributed by atoms with Crippen molar-refractivity contribution in [2.75, 3.05) is 13.7 Å². The van der Waals surface area contributed by atoms with Crippen molar-refractivity contribution in [3.63, 3.8) is 0 Å². The molecule has 0 aromatic carbocycles. The molecule has 1 rings (SSSR count). The minimum Gasteiger partial charge on any atom is -0.467 e. The van der Waals surface area contributed by atoms with Gasteiger partial charge in [0.25, 0.3) is 0 Å². The van der Waals surface area contributed by atoms with E-state index in [0.717, 1.165) is 31.3 Å². The average Bonchev–Trinajstić information content (AvgIpc) is 2.65. The molecule has 16 heavy (non-hydrogen) atoms. The van der Waals surface area contributed by atoms with E-state index in [0.29, 0.717) is 6.61 Å². The summed E-state index contributed by atoms with van der Waals surface area (Å²) < 4.78 is 10.9. The molecule has 3 heteroatoms. The Bertz CT molecular complexity index is 281. The molecule has 0 atom stereocenters. The van der Waals surface area contributed by atoms with Gasteiger partial charge in [0, 0.05) is 18.7 Å². The molecule has 1 aromatic rings. The molecular weight excluding hydrogens is 202 g/mol. The van der Waals surface area contributed by atoms with Gasteiger partial charge in [-0.25, -0.2) is 0 Å². The van der Waals surface area contributed by atoms with Crippen molar-refractivity contribution in [2.45, 2.75) is 39.8 Å². The summed E-state index contributed by atoms with van der Waals surface area (Å²) in [4.78, 5) is 0. The summed E-state index contributed by atoms with van der Waals surface area (Å²) in [5, 5.41) is 3.09. The Morgan fingerprint density at radius 2 is 2.25 bits per heavy atom. The van der Waals surface area contributed by atoms with Gasteiger partial charge in [-0.3, -0.25) is 0 Å². The van der Waals surface area contributed by atoms with Crippen LogP contribution in [-0.2, 0) is 17.9 Å². The van der Waals surface area contributed by atoms with E-state index in [-0.39, 0.29) is 0 Å². The van der Waals surface area contributed by atoms with Gasteiger partial charge in [-0.1, -0.05) is 13.8 Å². The SMILES string of the molecule is CNCc1coc(COCCCC(C)C)c1. The third-order valence-electron chi connectivity index (χ3n) is 2.40. The lowest BCUT2D eigenvalue weighted by molar-refractivity contribution is 0.101. The Balaban J connectivity index is 2.12. The third-order valence-corrected chi connectivity index (χ3v) is 2.40. The van der Waals surface area contributed by atoms with Crippen molar-refractivity contribution < 1.29 is 9.15 Å². The summed E-state index contributed by atoms with van der Waals surface area (Å²) in [6, 6.07) is 2.04. The third kappa shape index (κ3) is 5.33. The van der Waals surface area contributed by atoms with Crippen LogP contribution in [0.25, 0.3) is 0 Å². The van der Waals surface area contributed by atoms with E-state index in [1.165, 1.54) is 12.0 Å². The van der Waals surface area contributed by atoms with Crippen LogP contribution in [0, 0.1) is 5.92 Å². The van der Waals surface area contributed by atoms with Crippen LogP contribution >= 0.6 is 0 Å². The molecule has 0 bridgehead atoms. The summed E-state index contributed by atoms with van der Waals surface area (Å²) in [6.07, 6.45) is 4.13. The molecule has 0 saturated heterocycles. The van der Waals surface area contributed by atoms with Crippen LogP contribution in [0.3, 0.4) is 0 Å². The molecule has 0 unspecified atom stereocenters. The second kappa shape index (κ2) is 7.47. The molecule has 0 aliphatic rings. The van der Waals surface area contributed by atoms with Crippen LogP contribution in [0.15, 0.2) is 16.7 Å². The van der Waals surface area contributed by atoms with E-state index in [4.69, 9.17) is 9.15 Å². The van der Waals surface area contributed by atoms with E-state index in [2.05, 4.69) is 19.2 Å². The predicted molar refractivity (Wildman–Crippen MR) is 65.2 cm³/mol. The second-order valence-electron chi connectivity index (χ2n) is 4.54. The van der Waals surface area contributed by atoms with E-state index >= 15 is 0 Å². The van der Waals surface area contributed by atoms with Gasteiger partial charge in [0.2, 0.25) is 0 Å². The number of hydrogen-bond donors (Lipinski definition) is 1. The molecular formula is C13H23NO2. The molecule has 0 spiro atoms. The van der Waals surface area contributed by atoms with E-state index in [1.807, 2.05) is 13.1 Å². The molecule has 0 aliphatic carbocycles. The lowest BCUT2D eigenvalue weighted by Gasteiger charge is -2.04. The van der Waals surface area contributed by atoms with Gasteiger partial charge in [0.1, 0.15) is 12.4 Å². The zero-order valence-corrected chi connectivity index (χ0v) is 10.6. The first-order chi connectivity index (χ1) is 7.72. The topological polar surface area (TPSA) is 34.4 Å². The van der Waals surface area contributed by atoms with Gasteiger partial charge < -0.3 is 14.5 Å². The zero-order chi connectivity index (χ0) is 11.8. The highest BCUT2D eigenvalue weighted by Crippen LogP contribution is 2.09. The highest BCUT2D eigenvalue weighted by molar-refractivity contribution is 5.11. The van der Waals surface area contributed by atoms with Crippen molar-refractivity contribution in [1.82, 2.24) is 5.32 Å². The Morgan fingerprint density at radius 1 is 1.44 bits per heavy atom. The van der Waals surface area contributed by atoms with Gasteiger partial charge in [-0.2, -0.15) is 0 Å². The monoisotopic (exact) mass is 225 g/mol. The Labute approximate surface area is 98.2 Å². The molecule has 1 aromatic heterocycles. The first kappa shape index (κ1) is 13.3. The van der Waals surface area contributed by atoms with Crippen molar-refractivity contribution in [3.05, 3.63) is 23.7 Å². The summed E-state index contributed by atoms with van der Waals surface area (Å²) in [6.45, 7) is 6.71. The van der Waals surface area contributed by atoms with E-state index in [1.54, 1.807) is 6.26 Å². The molecule has 0 aliphatic heterocycles. The van der Waals surface area contributed by atoms with Crippen molar-refractivity contribution >= 4 is 0 Å². The first-order valence-electron chi connectivity index (χ1n) is 6.01. The van der Waals surface area contributed by atoms with Gasteiger partial charge in [-0.15, -0.1) is 0 Å². The largest absolute Gasteiger partial charge is 0.467 e. The fourth-order valence-corrected chi connectivity index (χ4v) is 1.57. The molecule has 0 amide bonds. The Hall–Kier alpha value is -0.800. The minimum atomic E-state index is 0.585. The zero-order valence-electron chi connectivity index (χ0n) is 10.6. The highest BCUT2D eigenvalue weighted by atomic mass is 16.5. The first-order valence-corrected chi connectivity index (χ1v) is 6.01. The molecule has 3 nitrogen and oxygen atoms in total.